The topological polar surface area (TPSA) is 99.4 Å². The van der Waals surface area contributed by atoms with Crippen molar-refractivity contribution in [2.75, 3.05) is 6.54 Å². The second kappa shape index (κ2) is 9.46. The van der Waals surface area contributed by atoms with E-state index in [2.05, 4.69) is 27.8 Å². The molecule has 7 heteroatoms. The van der Waals surface area contributed by atoms with Crippen molar-refractivity contribution in [1.29, 1.82) is 5.41 Å². The Bertz CT molecular complexity index is 583. The summed E-state index contributed by atoms with van der Waals surface area (Å²) >= 11 is 0. The Hall–Kier alpha value is -2.47. The van der Waals surface area contributed by atoms with Gasteiger partial charge in [0.15, 0.2) is 11.9 Å². The molecule has 6 nitrogen and oxygen atoms in total. The number of nitrogens with zero attached hydrogens (tertiary/aromatic N) is 1. The summed E-state index contributed by atoms with van der Waals surface area (Å²) in [5.74, 6) is 1.07. The first kappa shape index (κ1) is 17.6. The molecule has 0 amide bonds. The van der Waals surface area contributed by atoms with Crippen molar-refractivity contribution in [2.45, 2.75) is 13.0 Å². The normalized spacial score (nSPS) is 10.6. The molecule has 0 saturated heterocycles. The lowest BCUT2D eigenvalue weighted by Crippen LogP contribution is -2.44. The summed E-state index contributed by atoms with van der Waals surface area (Å²) < 4.78 is 5.22. The average Bonchev–Trinajstić information content (AvgIpc) is 2.98. The van der Waals surface area contributed by atoms with E-state index in [9.17, 15) is 0 Å². The molecular formula is C15H20ClN5O. The summed E-state index contributed by atoms with van der Waals surface area (Å²) in [6, 6.07) is 13.8. The molecule has 0 radical (unpaired) electrons. The fourth-order valence-electron chi connectivity index (χ4n) is 1.80. The Morgan fingerprint density at radius 2 is 1.95 bits per heavy atom. The Balaban J connectivity index is 0.00000242. The van der Waals surface area contributed by atoms with Crippen LogP contribution < -0.4 is 16.4 Å². The van der Waals surface area contributed by atoms with Crippen molar-refractivity contribution in [3.8, 4) is 0 Å². The molecule has 2 aromatic rings. The summed E-state index contributed by atoms with van der Waals surface area (Å²) in [4.78, 5) is 4.32. The number of nitrogens with two attached hydrogens (primary N) is 1. The van der Waals surface area contributed by atoms with Gasteiger partial charge in [-0.15, -0.1) is 12.4 Å². The molecule has 22 heavy (non-hydrogen) atoms. The Morgan fingerprint density at radius 1 is 1.18 bits per heavy atom. The molecule has 0 fully saturated rings. The van der Waals surface area contributed by atoms with E-state index in [1.165, 1.54) is 5.56 Å². The van der Waals surface area contributed by atoms with Crippen molar-refractivity contribution in [1.82, 2.24) is 10.6 Å². The number of rotatable bonds is 5. The van der Waals surface area contributed by atoms with Crippen LogP contribution >= 0.6 is 12.4 Å². The molecule has 0 bridgehead atoms. The molecule has 0 aliphatic rings. The van der Waals surface area contributed by atoms with E-state index in [1.54, 1.807) is 6.26 Å². The van der Waals surface area contributed by atoms with E-state index >= 15 is 0 Å². The first-order valence-corrected chi connectivity index (χ1v) is 6.70. The zero-order valence-corrected chi connectivity index (χ0v) is 12.9. The van der Waals surface area contributed by atoms with E-state index in [-0.39, 0.29) is 18.4 Å². The lowest BCUT2D eigenvalue weighted by atomic mass is 10.1. The number of hydrogen-bond donors (Lipinski definition) is 4. The maximum Gasteiger partial charge on any atom is 0.198 e. The summed E-state index contributed by atoms with van der Waals surface area (Å²) in [6.45, 7) is 1.09. The molecule has 0 aliphatic heterocycles. The molecule has 1 heterocycles. The van der Waals surface area contributed by atoms with Crippen LogP contribution in [0.5, 0.6) is 0 Å². The zero-order valence-electron chi connectivity index (χ0n) is 12.1. The minimum absolute atomic E-state index is 0. The fourth-order valence-corrected chi connectivity index (χ4v) is 1.80. The number of nitrogens with one attached hydrogen (secondary N) is 3. The van der Waals surface area contributed by atoms with E-state index in [4.69, 9.17) is 15.6 Å². The molecule has 0 aliphatic carbocycles. The van der Waals surface area contributed by atoms with Gasteiger partial charge in [0.05, 0.1) is 6.26 Å². The van der Waals surface area contributed by atoms with Gasteiger partial charge in [-0.05, 0) is 24.1 Å². The standard InChI is InChI=1S/C15H19N5O.ClH/c16-14(17)20-15(19-11-13-7-4-10-21-13)18-9-8-12-5-2-1-3-6-12;/h1-7,10H,8-9,11H2,(H5,16,17,18,19,20);1H. The van der Waals surface area contributed by atoms with E-state index in [1.807, 2.05) is 30.3 Å². The highest BCUT2D eigenvalue weighted by atomic mass is 35.5. The number of guanidine groups is 2. The van der Waals surface area contributed by atoms with Crippen LogP contribution in [-0.4, -0.2) is 18.5 Å². The van der Waals surface area contributed by atoms with Gasteiger partial charge in [-0.2, -0.15) is 0 Å². The predicted molar refractivity (Wildman–Crippen MR) is 90.3 cm³/mol. The first-order valence-electron chi connectivity index (χ1n) is 6.70. The number of benzene rings is 1. The quantitative estimate of drug-likeness (QED) is 0.499. The fraction of sp³-hybridized carbons (Fsp3) is 0.200. The zero-order chi connectivity index (χ0) is 14.9. The third kappa shape index (κ3) is 6.32. The van der Waals surface area contributed by atoms with Crippen molar-refractivity contribution in [3.05, 3.63) is 60.1 Å². The molecule has 118 valence electrons. The Morgan fingerprint density at radius 3 is 2.59 bits per heavy atom. The summed E-state index contributed by atoms with van der Waals surface area (Å²) in [6.07, 6.45) is 2.46. The van der Waals surface area contributed by atoms with E-state index in [0.717, 1.165) is 12.2 Å². The highest BCUT2D eigenvalue weighted by Gasteiger charge is 2.01. The van der Waals surface area contributed by atoms with Crippen LogP contribution in [0.25, 0.3) is 0 Å². The Labute approximate surface area is 135 Å². The number of halogens is 1. The summed E-state index contributed by atoms with van der Waals surface area (Å²) in [5.41, 5.74) is 6.59. The van der Waals surface area contributed by atoms with Crippen molar-refractivity contribution >= 4 is 24.3 Å². The molecular weight excluding hydrogens is 302 g/mol. The molecule has 2 rings (SSSR count). The first-order chi connectivity index (χ1) is 10.2. The van der Waals surface area contributed by atoms with E-state index in [0.29, 0.717) is 19.0 Å². The van der Waals surface area contributed by atoms with Crippen LogP contribution in [0, 0.1) is 5.41 Å². The van der Waals surface area contributed by atoms with Crippen LogP contribution in [0.15, 0.2) is 58.1 Å². The van der Waals surface area contributed by atoms with Crippen LogP contribution in [0.2, 0.25) is 0 Å². The van der Waals surface area contributed by atoms with E-state index < -0.39 is 0 Å². The molecule has 1 aromatic carbocycles. The second-order valence-corrected chi connectivity index (χ2v) is 4.45. The maximum absolute atomic E-state index is 7.30. The monoisotopic (exact) mass is 321 g/mol. The van der Waals surface area contributed by atoms with Crippen molar-refractivity contribution in [3.63, 3.8) is 0 Å². The highest BCUT2D eigenvalue weighted by molar-refractivity contribution is 5.96. The molecule has 0 unspecified atom stereocenters. The third-order valence-electron chi connectivity index (χ3n) is 2.78. The van der Waals surface area contributed by atoms with Gasteiger partial charge in [0.2, 0.25) is 0 Å². The number of hydrogen-bond acceptors (Lipinski definition) is 3. The van der Waals surface area contributed by atoms with Gasteiger partial charge in [0, 0.05) is 6.54 Å². The smallest absolute Gasteiger partial charge is 0.198 e. The van der Waals surface area contributed by atoms with Gasteiger partial charge in [-0.1, -0.05) is 30.3 Å². The van der Waals surface area contributed by atoms with Gasteiger partial charge in [-0.3, -0.25) is 10.7 Å². The second-order valence-electron chi connectivity index (χ2n) is 4.45. The SMILES string of the molecule is Cl.N=C(N)NC(=NCc1ccco1)NCCc1ccccc1. The predicted octanol–water partition coefficient (Wildman–Crippen LogP) is 1.87. The third-order valence-corrected chi connectivity index (χ3v) is 2.78. The van der Waals surface area contributed by atoms with Crippen LogP contribution in [0.3, 0.4) is 0 Å². The highest BCUT2D eigenvalue weighted by Crippen LogP contribution is 2.01. The molecule has 0 spiro atoms. The lowest BCUT2D eigenvalue weighted by Gasteiger charge is -2.11. The average molecular weight is 322 g/mol. The summed E-state index contributed by atoms with van der Waals surface area (Å²) in [7, 11) is 0. The largest absolute Gasteiger partial charge is 0.467 e. The van der Waals surface area contributed by atoms with Gasteiger partial charge in [0.25, 0.3) is 0 Å². The van der Waals surface area contributed by atoms with Crippen LogP contribution in [0.1, 0.15) is 11.3 Å². The molecule has 0 atom stereocenters. The van der Waals surface area contributed by atoms with Gasteiger partial charge < -0.3 is 15.5 Å². The maximum atomic E-state index is 7.30. The van der Waals surface area contributed by atoms with Crippen LogP contribution in [0.4, 0.5) is 0 Å². The molecule has 1 aromatic heterocycles. The Kier molecular flexibility index (Phi) is 7.56. The van der Waals surface area contributed by atoms with Gasteiger partial charge >= 0.3 is 0 Å². The van der Waals surface area contributed by atoms with Gasteiger partial charge in [-0.25, -0.2) is 4.99 Å². The summed E-state index contributed by atoms with van der Waals surface area (Å²) in [5, 5.41) is 13.1. The minimum atomic E-state index is -0.152. The van der Waals surface area contributed by atoms with Crippen LogP contribution in [-0.2, 0) is 13.0 Å². The lowest BCUT2D eigenvalue weighted by molar-refractivity contribution is 0.512. The molecule has 0 saturated carbocycles. The van der Waals surface area contributed by atoms with Crippen molar-refractivity contribution < 1.29 is 4.42 Å². The molecule has 5 N–H and O–H groups in total. The number of furan rings is 1. The van der Waals surface area contributed by atoms with Crippen molar-refractivity contribution in [2.24, 2.45) is 10.7 Å². The van der Waals surface area contributed by atoms with Gasteiger partial charge in [0.1, 0.15) is 12.3 Å². The minimum Gasteiger partial charge on any atom is -0.467 e. The number of aliphatic imine (C=N–C) groups is 1.